The molecule has 0 unspecified atom stereocenters. The molecule has 0 aliphatic rings. The number of nitrogen functional groups attached to an aromatic ring is 1. The van der Waals surface area contributed by atoms with Crippen molar-refractivity contribution in [3.05, 3.63) is 44.1 Å². The van der Waals surface area contributed by atoms with Gasteiger partial charge < -0.3 is 5.73 Å². The molecule has 0 bridgehead atoms. The van der Waals surface area contributed by atoms with Crippen molar-refractivity contribution in [2.24, 2.45) is 5.11 Å². The van der Waals surface area contributed by atoms with Crippen molar-refractivity contribution in [1.29, 1.82) is 0 Å². The summed E-state index contributed by atoms with van der Waals surface area (Å²) in [7, 11) is 0. The smallest absolute Gasteiger partial charge is 0.296 e. The lowest BCUT2D eigenvalue weighted by molar-refractivity contribution is -0.384. The molecule has 0 aliphatic carbocycles. The summed E-state index contributed by atoms with van der Waals surface area (Å²) < 4.78 is 13.1. The number of hydrogen-bond acceptors (Lipinski definition) is 4. The molecular weight excluding hydrogens is 241 g/mol. The fraction of sp³-hybridized carbons (Fsp3) is 0.200. The Hall–Kier alpha value is -2.78. The maximum atomic E-state index is 13.1. The number of anilines is 1. The van der Waals surface area contributed by atoms with Crippen molar-refractivity contribution >= 4 is 11.4 Å². The summed E-state index contributed by atoms with van der Waals surface area (Å²) in [6.45, 7) is 0.167. The lowest BCUT2D eigenvalue weighted by atomic mass is 10.1. The van der Waals surface area contributed by atoms with Gasteiger partial charge in [0.25, 0.3) is 5.69 Å². The summed E-state index contributed by atoms with van der Waals surface area (Å²) in [5.41, 5.74) is 12.9. The van der Waals surface area contributed by atoms with Crippen LogP contribution in [0.3, 0.4) is 0 Å². The Morgan fingerprint density at radius 3 is 2.94 bits per heavy atom. The van der Waals surface area contributed by atoms with E-state index in [0.717, 1.165) is 12.1 Å². The van der Waals surface area contributed by atoms with Gasteiger partial charge in [0, 0.05) is 17.9 Å². The number of halogens is 1. The second-order valence-corrected chi connectivity index (χ2v) is 3.15. The van der Waals surface area contributed by atoms with Crippen LogP contribution in [0.1, 0.15) is 12.0 Å². The van der Waals surface area contributed by atoms with Crippen molar-refractivity contribution in [2.75, 3.05) is 12.3 Å². The minimum Gasteiger partial charge on any atom is -0.392 e. The first-order valence-corrected chi connectivity index (χ1v) is 4.79. The van der Waals surface area contributed by atoms with Gasteiger partial charge in [-0.2, -0.15) is 0 Å². The van der Waals surface area contributed by atoms with Gasteiger partial charge in [0.05, 0.1) is 16.6 Å². The van der Waals surface area contributed by atoms with E-state index >= 15 is 0 Å². The SMILES string of the molecule is [N-]=[N+]=NCCC#Cc1cc(F)cc([N+](=O)[O-])c1N. The van der Waals surface area contributed by atoms with Crippen molar-refractivity contribution < 1.29 is 9.31 Å². The molecule has 0 spiro atoms. The highest BCUT2D eigenvalue weighted by Gasteiger charge is 2.16. The van der Waals surface area contributed by atoms with E-state index < -0.39 is 16.4 Å². The predicted molar refractivity (Wildman–Crippen MR) is 63.0 cm³/mol. The molecule has 1 aromatic rings. The van der Waals surface area contributed by atoms with E-state index in [1.807, 2.05) is 0 Å². The molecule has 1 rings (SSSR count). The number of hydrogen-bond donors (Lipinski definition) is 1. The molecule has 2 N–H and O–H groups in total. The van der Waals surface area contributed by atoms with Gasteiger partial charge in [-0.1, -0.05) is 17.0 Å². The third kappa shape index (κ3) is 3.37. The Kier molecular flexibility index (Phi) is 4.49. The third-order valence-electron chi connectivity index (χ3n) is 1.94. The molecule has 92 valence electrons. The Morgan fingerprint density at radius 1 is 1.61 bits per heavy atom. The monoisotopic (exact) mass is 249 g/mol. The fourth-order valence-electron chi connectivity index (χ4n) is 1.17. The molecule has 8 heteroatoms. The van der Waals surface area contributed by atoms with Crippen molar-refractivity contribution in [3.8, 4) is 11.8 Å². The van der Waals surface area contributed by atoms with E-state index in [9.17, 15) is 14.5 Å². The molecule has 18 heavy (non-hydrogen) atoms. The van der Waals surface area contributed by atoms with Gasteiger partial charge in [0.15, 0.2) is 0 Å². The van der Waals surface area contributed by atoms with Crippen LogP contribution in [0, 0.1) is 27.8 Å². The average molecular weight is 249 g/mol. The molecule has 0 aliphatic heterocycles. The zero-order valence-electron chi connectivity index (χ0n) is 9.13. The van der Waals surface area contributed by atoms with Gasteiger partial charge in [-0.3, -0.25) is 10.1 Å². The van der Waals surface area contributed by atoms with Crippen LogP contribution >= 0.6 is 0 Å². The second-order valence-electron chi connectivity index (χ2n) is 3.15. The fourth-order valence-corrected chi connectivity index (χ4v) is 1.17. The molecule has 0 atom stereocenters. The Bertz CT molecular complexity index is 584. The van der Waals surface area contributed by atoms with Crippen LogP contribution < -0.4 is 5.73 Å². The summed E-state index contributed by atoms with van der Waals surface area (Å²) in [5, 5.41) is 13.9. The van der Waals surface area contributed by atoms with Gasteiger partial charge in [-0.25, -0.2) is 4.39 Å². The quantitative estimate of drug-likeness (QED) is 0.129. The number of benzene rings is 1. The molecule has 0 saturated heterocycles. The number of nitrogens with zero attached hydrogens (tertiary/aromatic N) is 4. The van der Waals surface area contributed by atoms with Crippen LogP contribution in [0.15, 0.2) is 17.2 Å². The number of nitrogens with two attached hydrogens (primary N) is 1. The first-order valence-electron chi connectivity index (χ1n) is 4.79. The summed E-state index contributed by atoms with van der Waals surface area (Å²) in [4.78, 5) is 12.4. The molecule has 0 heterocycles. The van der Waals surface area contributed by atoms with Gasteiger partial charge in [0.1, 0.15) is 11.5 Å². The van der Waals surface area contributed by atoms with Crippen LogP contribution in [0.4, 0.5) is 15.8 Å². The first kappa shape index (κ1) is 13.3. The first-order chi connectivity index (χ1) is 8.56. The van der Waals surface area contributed by atoms with Crippen molar-refractivity contribution in [3.63, 3.8) is 0 Å². The highest BCUT2D eigenvalue weighted by atomic mass is 19.1. The van der Waals surface area contributed by atoms with E-state index in [0.29, 0.717) is 0 Å². The second kappa shape index (κ2) is 6.08. The predicted octanol–water partition coefficient (Wildman–Crippen LogP) is 2.37. The van der Waals surface area contributed by atoms with Gasteiger partial charge in [-0.15, -0.1) is 0 Å². The number of rotatable bonds is 3. The molecule has 0 fully saturated rings. The van der Waals surface area contributed by atoms with E-state index in [2.05, 4.69) is 21.9 Å². The largest absolute Gasteiger partial charge is 0.392 e. The molecular formula is C10H8FN5O2. The highest BCUT2D eigenvalue weighted by Crippen LogP contribution is 2.25. The lowest BCUT2D eigenvalue weighted by Crippen LogP contribution is -1.99. The van der Waals surface area contributed by atoms with E-state index in [1.54, 1.807) is 0 Å². The third-order valence-corrected chi connectivity index (χ3v) is 1.94. The van der Waals surface area contributed by atoms with Crippen LogP contribution in [0.25, 0.3) is 10.4 Å². The number of azide groups is 1. The van der Waals surface area contributed by atoms with Crippen molar-refractivity contribution in [1.82, 2.24) is 0 Å². The average Bonchev–Trinajstić information content (AvgIpc) is 2.32. The van der Waals surface area contributed by atoms with Gasteiger partial charge in [-0.05, 0) is 11.6 Å². The maximum Gasteiger partial charge on any atom is 0.296 e. The van der Waals surface area contributed by atoms with Crippen LogP contribution in [0.2, 0.25) is 0 Å². The van der Waals surface area contributed by atoms with E-state index in [1.165, 1.54) is 0 Å². The van der Waals surface area contributed by atoms with Crippen LogP contribution in [-0.4, -0.2) is 11.5 Å². The van der Waals surface area contributed by atoms with Gasteiger partial charge in [0.2, 0.25) is 0 Å². The standard InChI is InChI=1S/C10H8FN5O2/c11-8-5-7(3-1-2-4-14-15-13)10(12)9(6-8)16(17)18/h5-6H,2,4,12H2. The van der Waals surface area contributed by atoms with Gasteiger partial charge >= 0.3 is 0 Å². The van der Waals surface area contributed by atoms with Crippen molar-refractivity contribution in [2.45, 2.75) is 6.42 Å². The normalized spacial score (nSPS) is 8.94. The maximum absolute atomic E-state index is 13.1. The zero-order valence-corrected chi connectivity index (χ0v) is 9.13. The molecule has 0 saturated carbocycles. The Balaban J connectivity index is 3.02. The molecule has 1 aromatic carbocycles. The minimum atomic E-state index is -0.782. The summed E-state index contributed by atoms with van der Waals surface area (Å²) in [5.74, 6) is 4.31. The topological polar surface area (TPSA) is 118 Å². The van der Waals surface area contributed by atoms with E-state index in [4.69, 9.17) is 11.3 Å². The zero-order chi connectivity index (χ0) is 13.5. The number of nitro groups is 1. The Morgan fingerprint density at radius 2 is 2.33 bits per heavy atom. The molecule has 0 amide bonds. The molecule has 0 aromatic heterocycles. The summed E-state index contributed by atoms with van der Waals surface area (Å²) >= 11 is 0. The highest BCUT2D eigenvalue weighted by molar-refractivity contribution is 5.68. The van der Waals surface area contributed by atoms with E-state index in [-0.39, 0.29) is 24.2 Å². The lowest BCUT2D eigenvalue weighted by Gasteiger charge is -2.00. The minimum absolute atomic E-state index is 0.0441. The summed E-state index contributed by atoms with van der Waals surface area (Å²) in [6.07, 6.45) is 0.258. The molecule has 7 nitrogen and oxygen atoms in total. The van der Waals surface area contributed by atoms with Crippen LogP contribution in [-0.2, 0) is 0 Å². The Labute approximate surface area is 101 Å². The number of nitro benzene ring substituents is 1. The van der Waals surface area contributed by atoms with Crippen LogP contribution in [0.5, 0.6) is 0 Å². The summed E-state index contributed by atoms with van der Waals surface area (Å²) in [6, 6.07) is 1.75. The molecule has 0 radical (unpaired) electrons.